The van der Waals surface area contributed by atoms with E-state index < -0.39 is 6.10 Å². The number of hydrogen-bond acceptors (Lipinski definition) is 2. The summed E-state index contributed by atoms with van der Waals surface area (Å²) in [5, 5.41) is 9.61. The molecular formula is C10H18O2. The summed E-state index contributed by atoms with van der Waals surface area (Å²) < 4.78 is 0. The van der Waals surface area contributed by atoms with Crippen LogP contribution in [0.4, 0.5) is 0 Å². The molecule has 0 aromatic heterocycles. The van der Waals surface area contributed by atoms with Crippen LogP contribution in [0.5, 0.6) is 0 Å². The van der Waals surface area contributed by atoms with E-state index in [1.165, 1.54) is 13.0 Å². The van der Waals surface area contributed by atoms with E-state index >= 15 is 0 Å². The molecule has 0 saturated carbocycles. The van der Waals surface area contributed by atoms with Crippen LogP contribution >= 0.6 is 0 Å². The molecule has 2 atom stereocenters. The zero-order chi connectivity index (χ0) is 9.72. The Labute approximate surface area is 74.3 Å². The molecule has 0 radical (unpaired) electrons. The van der Waals surface area contributed by atoms with Gasteiger partial charge in [-0.05, 0) is 31.4 Å². The number of carbonyl (C=O) groups is 1. The fourth-order valence-electron chi connectivity index (χ4n) is 1.08. The molecule has 12 heavy (non-hydrogen) atoms. The van der Waals surface area contributed by atoms with Crippen LogP contribution in [-0.4, -0.2) is 17.0 Å². The summed E-state index contributed by atoms with van der Waals surface area (Å²) in [5.41, 5.74) is 0.761. The molecule has 0 rings (SSSR count). The molecule has 0 fully saturated rings. The number of allylic oxidation sites excluding steroid dienone is 1. The van der Waals surface area contributed by atoms with Gasteiger partial charge < -0.3 is 5.11 Å². The number of rotatable bonds is 4. The second-order valence-corrected chi connectivity index (χ2v) is 3.33. The van der Waals surface area contributed by atoms with E-state index in [4.69, 9.17) is 0 Å². The van der Waals surface area contributed by atoms with Crippen molar-refractivity contribution < 1.29 is 9.90 Å². The minimum Gasteiger partial charge on any atom is -0.388 e. The molecule has 0 amide bonds. The standard InChI is InChI=1S/C10H18O2/c1-5-7(2)10(12)8(3)6-9(4)11/h6-7,10,12H,5H2,1-4H3. The summed E-state index contributed by atoms with van der Waals surface area (Å²) in [6.07, 6.45) is 1.94. The van der Waals surface area contributed by atoms with Gasteiger partial charge in [0.25, 0.3) is 0 Å². The fourth-order valence-corrected chi connectivity index (χ4v) is 1.08. The topological polar surface area (TPSA) is 37.3 Å². The number of carbonyl (C=O) groups excluding carboxylic acids is 1. The molecule has 0 aromatic carbocycles. The molecule has 0 aliphatic heterocycles. The molecule has 70 valence electrons. The third-order valence-electron chi connectivity index (χ3n) is 2.08. The number of aliphatic hydroxyl groups excluding tert-OH is 1. The van der Waals surface area contributed by atoms with Crippen LogP contribution in [0.1, 0.15) is 34.1 Å². The van der Waals surface area contributed by atoms with Crippen LogP contribution in [0.3, 0.4) is 0 Å². The third-order valence-corrected chi connectivity index (χ3v) is 2.08. The van der Waals surface area contributed by atoms with E-state index in [2.05, 4.69) is 0 Å². The normalized spacial score (nSPS) is 17.2. The Morgan fingerprint density at radius 2 is 2.00 bits per heavy atom. The van der Waals surface area contributed by atoms with E-state index in [0.717, 1.165) is 12.0 Å². The van der Waals surface area contributed by atoms with Crippen LogP contribution in [-0.2, 0) is 4.79 Å². The van der Waals surface area contributed by atoms with Crippen molar-refractivity contribution in [3.63, 3.8) is 0 Å². The average molecular weight is 170 g/mol. The van der Waals surface area contributed by atoms with Gasteiger partial charge in [0.05, 0.1) is 6.10 Å². The number of aliphatic hydroxyl groups is 1. The Balaban J connectivity index is 4.27. The lowest BCUT2D eigenvalue weighted by molar-refractivity contribution is -0.112. The average Bonchev–Trinajstić information content (AvgIpc) is 2.00. The molecule has 0 heterocycles. The molecule has 0 bridgehead atoms. The van der Waals surface area contributed by atoms with Crippen molar-refractivity contribution in [3.05, 3.63) is 11.6 Å². The first-order valence-electron chi connectivity index (χ1n) is 4.35. The second-order valence-electron chi connectivity index (χ2n) is 3.33. The highest BCUT2D eigenvalue weighted by Gasteiger charge is 2.13. The van der Waals surface area contributed by atoms with E-state index in [0.29, 0.717) is 0 Å². The zero-order valence-electron chi connectivity index (χ0n) is 8.29. The molecule has 2 nitrogen and oxygen atoms in total. The lowest BCUT2D eigenvalue weighted by atomic mass is 9.95. The quantitative estimate of drug-likeness (QED) is 0.654. The van der Waals surface area contributed by atoms with Crippen LogP contribution in [0.15, 0.2) is 11.6 Å². The smallest absolute Gasteiger partial charge is 0.152 e. The molecule has 0 spiro atoms. The fraction of sp³-hybridized carbons (Fsp3) is 0.700. The zero-order valence-corrected chi connectivity index (χ0v) is 8.29. The summed E-state index contributed by atoms with van der Waals surface area (Å²) >= 11 is 0. The van der Waals surface area contributed by atoms with Gasteiger partial charge in [0, 0.05) is 0 Å². The summed E-state index contributed by atoms with van der Waals surface area (Å²) in [4.78, 5) is 10.7. The maximum absolute atomic E-state index is 10.7. The molecule has 2 unspecified atom stereocenters. The highest BCUT2D eigenvalue weighted by molar-refractivity contribution is 5.87. The molecule has 0 aromatic rings. The van der Waals surface area contributed by atoms with Gasteiger partial charge in [0.2, 0.25) is 0 Å². The van der Waals surface area contributed by atoms with Crippen LogP contribution in [0, 0.1) is 5.92 Å². The van der Waals surface area contributed by atoms with Crippen molar-refractivity contribution in [2.75, 3.05) is 0 Å². The van der Waals surface area contributed by atoms with Crippen molar-refractivity contribution in [2.45, 2.75) is 40.2 Å². The van der Waals surface area contributed by atoms with Gasteiger partial charge in [-0.25, -0.2) is 0 Å². The van der Waals surface area contributed by atoms with Gasteiger partial charge in [-0.2, -0.15) is 0 Å². The summed E-state index contributed by atoms with van der Waals surface area (Å²) in [7, 11) is 0. The van der Waals surface area contributed by atoms with Crippen LogP contribution < -0.4 is 0 Å². The summed E-state index contributed by atoms with van der Waals surface area (Å²) in [6, 6.07) is 0. The maximum Gasteiger partial charge on any atom is 0.152 e. The van der Waals surface area contributed by atoms with E-state index in [-0.39, 0.29) is 11.7 Å². The van der Waals surface area contributed by atoms with Crippen LogP contribution in [0.2, 0.25) is 0 Å². The minimum absolute atomic E-state index is 0.00477. The first kappa shape index (κ1) is 11.4. The predicted molar refractivity (Wildman–Crippen MR) is 49.9 cm³/mol. The van der Waals surface area contributed by atoms with Crippen molar-refractivity contribution in [2.24, 2.45) is 5.92 Å². The van der Waals surface area contributed by atoms with Crippen LogP contribution in [0.25, 0.3) is 0 Å². The minimum atomic E-state index is -0.473. The summed E-state index contributed by atoms with van der Waals surface area (Å²) in [5.74, 6) is 0.218. The van der Waals surface area contributed by atoms with Gasteiger partial charge in [-0.1, -0.05) is 20.3 Å². The van der Waals surface area contributed by atoms with Crippen molar-refractivity contribution in [1.82, 2.24) is 0 Å². The van der Waals surface area contributed by atoms with Gasteiger partial charge in [-0.3, -0.25) is 4.79 Å². The Morgan fingerprint density at radius 1 is 1.50 bits per heavy atom. The first-order valence-corrected chi connectivity index (χ1v) is 4.35. The molecule has 0 aliphatic carbocycles. The van der Waals surface area contributed by atoms with Crippen molar-refractivity contribution in [3.8, 4) is 0 Å². The van der Waals surface area contributed by atoms with E-state index in [9.17, 15) is 9.90 Å². The largest absolute Gasteiger partial charge is 0.388 e. The maximum atomic E-state index is 10.7. The van der Waals surface area contributed by atoms with E-state index in [1.54, 1.807) is 6.92 Å². The highest BCUT2D eigenvalue weighted by atomic mass is 16.3. The lowest BCUT2D eigenvalue weighted by Gasteiger charge is -2.17. The van der Waals surface area contributed by atoms with Crippen molar-refractivity contribution in [1.29, 1.82) is 0 Å². The number of hydrogen-bond donors (Lipinski definition) is 1. The van der Waals surface area contributed by atoms with Gasteiger partial charge in [-0.15, -0.1) is 0 Å². The molecular weight excluding hydrogens is 152 g/mol. The predicted octanol–water partition coefficient (Wildman–Crippen LogP) is 1.93. The SMILES string of the molecule is CCC(C)C(O)C(C)=CC(C)=O. The summed E-state index contributed by atoms with van der Waals surface area (Å²) in [6.45, 7) is 7.28. The Bertz CT molecular complexity index is 182. The molecule has 0 aliphatic rings. The third kappa shape index (κ3) is 3.67. The lowest BCUT2D eigenvalue weighted by Crippen LogP contribution is -2.18. The van der Waals surface area contributed by atoms with Gasteiger partial charge in [0.15, 0.2) is 5.78 Å². The Morgan fingerprint density at radius 3 is 2.33 bits per heavy atom. The first-order chi connectivity index (χ1) is 5.49. The Hall–Kier alpha value is -0.630. The van der Waals surface area contributed by atoms with E-state index in [1.807, 2.05) is 13.8 Å². The van der Waals surface area contributed by atoms with Crippen molar-refractivity contribution >= 4 is 5.78 Å². The molecule has 2 heteroatoms. The number of ketones is 1. The second kappa shape index (κ2) is 5.09. The Kier molecular flexibility index (Phi) is 4.83. The molecule has 1 N–H and O–H groups in total. The molecule has 0 saturated heterocycles. The monoisotopic (exact) mass is 170 g/mol. The highest BCUT2D eigenvalue weighted by Crippen LogP contribution is 2.14. The van der Waals surface area contributed by atoms with Gasteiger partial charge >= 0.3 is 0 Å². The van der Waals surface area contributed by atoms with Gasteiger partial charge in [0.1, 0.15) is 0 Å².